The van der Waals surface area contributed by atoms with Crippen molar-refractivity contribution < 1.29 is 0 Å². The first kappa shape index (κ1) is 11.4. The molecule has 0 aromatic heterocycles. The molecular formula is C13H26N2. The van der Waals surface area contributed by atoms with Crippen molar-refractivity contribution in [3.05, 3.63) is 0 Å². The third kappa shape index (κ3) is 3.18. The fourth-order valence-electron chi connectivity index (χ4n) is 2.99. The smallest absolute Gasteiger partial charge is 0.00953 e. The average molecular weight is 210 g/mol. The highest BCUT2D eigenvalue weighted by Crippen LogP contribution is 2.30. The van der Waals surface area contributed by atoms with E-state index in [4.69, 9.17) is 5.73 Å². The lowest BCUT2D eigenvalue weighted by Crippen LogP contribution is -2.40. The molecule has 0 bridgehead atoms. The van der Waals surface area contributed by atoms with Crippen LogP contribution in [0.5, 0.6) is 0 Å². The van der Waals surface area contributed by atoms with Crippen LogP contribution in [0.15, 0.2) is 0 Å². The van der Waals surface area contributed by atoms with Crippen molar-refractivity contribution in [3.8, 4) is 0 Å². The van der Waals surface area contributed by atoms with Crippen LogP contribution in [0, 0.1) is 5.92 Å². The Morgan fingerprint density at radius 3 is 2.27 bits per heavy atom. The Labute approximate surface area is 94.2 Å². The van der Waals surface area contributed by atoms with E-state index in [2.05, 4.69) is 4.90 Å². The molecule has 0 atom stereocenters. The molecule has 15 heavy (non-hydrogen) atoms. The Kier molecular flexibility index (Phi) is 4.45. The number of nitrogens with zero attached hydrogens (tertiary/aromatic N) is 1. The van der Waals surface area contributed by atoms with Gasteiger partial charge in [0.05, 0.1) is 0 Å². The Morgan fingerprint density at radius 2 is 1.73 bits per heavy atom. The Morgan fingerprint density at radius 1 is 1.00 bits per heavy atom. The lowest BCUT2D eigenvalue weighted by molar-refractivity contribution is 0.133. The van der Waals surface area contributed by atoms with Crippen LogP contribution in [0.4, 0.5) is 0 Å². The van der Waals surface area contributed by atoms with Gasteiger partial charge in [-0.2, -0.15) is 0 Å². The molecule has 2 rings (SSSR count). The maximum absolute atomic E-state index is 5.63. The summed E-state index contributed by atoms with van der Waals surface area (Å²) in [6.07, 6.45) is 11.4. The molecule has 0 radical (unpaired) electrons. The monoisotopic (exact) mass is 210 g/mol. The summed E-state index contributed by atoms with van der Waals surface area (Å²) < 4.78 is 0. The Balaban J connectivity index is 1.77. The third-order valence-corrected chi connectivity index (χ3v) is 4.21. The third-order valence-electron chi connectivity index (χ3n) is 4.21. The molecule has 0 saturated heterocycles. The molecule has 0 aliphatic heterocycles. The molecule has 0 aromatic carbocycles. The summed E-state index contributed by atoms with van der Waals surface area (Å²) in [5.41, 5.74) is 5.63. The highest BCUT2D eigenvalue weighted by Gasteiger charge is 2.26. The average Bonchev–Trinajstić information content (AvgIpc) is 2.68. The molecular weight excluding hydrogens is 184 g/mol. The zero-order chi connectivity index (χ0) is 10.5. The maximum atomic E-state index is 5.63. The molecule has 2 nitrogen and oxygen atoms in total. The van der Waals surface area contributed by atoms with Crippen molar-refractivity contribution in [3.63, 3.8) is 0 Å². The molecule has 2 aliphatic rings. The highest BCUT2D eigenvalue weighted by molar-refractivity contribution is 4.81. The Hall–Kier alpha value is -0.0800. The quantitative estimate of drug-likeness (QED) is 0.729. The second-order valence-electron chi connectivity index (χ2n) is 5.37. The van der Waals surface area contributed by atoms with Crippen molar-refractivity contribution in [1.29, 1.82) is 0 Å². The van der Waals surface area contributed by atoms with Gasteiger partial charge >= 0.3 is 0 Å². The molecule has 2 N–H and O–H groups in total. The van der Waals surface area contributed by atoms with E-state index in [1.807, 2.05) is 0 Å². The molecule has 0 spiro atoms. The molecule has 0 unspecified atom stereocenters. The lowest BCUT2D eigenvalue weighted by atomic mass is 9.84. The van der Waals surface area contributed by atoms with E-state index in [-0.39, 0.29) is 0 Å². The molecule has 0 aromatic rings. The molecule has 88 valence electrons. The van der Waals surface area contributed by atoms with Gasteiger partial charge in [0.25, 0.3) is 0 Å². The molecule has 0 heterocycles. The van der Waals surface area contributed by atoms with E-state index in [0.717, 1.165) is 18.5 Å². The molecule has 2 fully saturated rings. The number of nitrogens with two attached hydrogens (primary N) is 1. The van der Waals surface area contributed by atoms with Crippen molar-refractivity contribution in [2.24, 2.45) is 11.7 Å². The second kappa shape index (κ2) is 5.86. The minimum Gasteiger partial charge on any atom is -0.330 e. The van der Waals surface area contributed by atoms with Gasteiger partial charge in [0.2, 0.25) is 0 Å². The molecule has 2 heteroatoms. The summed E-state index contributed by atoms with van der Waals surface area (Å²) in [4.78, 5) is 2.75. The van der Waals surface area contributed by atoms with Crippen molar-refractivity contribution in [1.82, 2.24) is 4.90 Å². The van der Waals surface area contributed by atoms with Gasteiger partial charge in [0.15, 0.2) is 0 Å². The van der Waals surface area contributed by atoms with Gasteiger partial charge < -0.3 is 10.6 Å². The first-order chi connectivity index (χ1) is 7.40. The van der Waals surface area contributed by atoms with E-state index in [1.54, 1.807) is 0 Å². The Bertz CT molecular complexity index is 171. The minimum absolute atomic E-state index is 0.855. The van der Waals surface area contributed by atoms with Gasteiger partial charge in [-0.05, 0) is 51.1 Å². The van der Waals surface area contributed by atoms with Crippen molar-refractivity contribution >= 4 is 0 Å². The van der Waals surface area contributed by atoms with Crippen LogP contribution in [0.3, 0.4) is 0 Å². The fourth-order valence-corrected chi connectivity index (χ4v) is 2.99. The van der Waals surface area contributed by atoms with Gasteiger partial charge in [-0.3, -0.25) is 0 Å². The summed E-state index contributed by atoms with van der Waals surface area (Å²) in [7, 11) is 0. The van der Waals surface area contributed by atoms with Gasteiger partial charge in [-0.25, -0.2) is 0 Å². The van der Waals surface area contributed by atoms with E-state index < -0.39 is 0 Å². The standard InChI is InChI=1S/C13H26N2/c14-9-4-10-15(11-12-5-3-6-12)13-7-1-2-8-13/h12-13H,1-11,14H2. The zero-order valence-corrected chi connectivity index (χ0v) is 9.96. The van der Waals surface area contributed by atoms with Crippen LogP contribution in [-0.4, -0.2) is 30.6 Å². The predicted octanol–water partition coefficient (Wildman–Crippen LogP) is 2.38. The number of hydrogen-bond acceptors (Lipinski definition) is 2. The maximum Gasteiger partial charge on any atom is 0.00953 e. The summed E-state index contributed by atoms with van der Waals surface area (Å²) >= 11 is 0. The zero-order valence-electron chi connectivity index (χ0n) is 9.96. The van der Waals surface area contributed by atoms with Gasteiger partial charge in [-0.1, -0.05) is 19.3 Å². The van der Waals surface area contributed by atoms with E-state index in [1.165, 1.54) is 64.5 Å². The summed E-state index contributed by atoms with van der Waals surface area (Å²) in [5.74, 6) is 1.02. The highest BCUT2D eigenvalue weighted by atomic mass is 15.2. The molecule has 0 amide bonds. The summed E-state index contributed by atoms with van der Waals surface area (Å²) in [5, 5.41) is 0. The van der Waals surface area contributed by atoms with Crippen LogP contribution in [0.2, 0.25) is 0 Å². The molecule has 2 aliphatic carbocycles. The second-order valence-corrected chi connectivity index (χ2v) is 5.37. The largest absolute Gasteiger partial charge is 0.330 e. The van der Waals surface area contributed by atoms with Gasteiger partial charge in [-0.15, -0.1) is 0 Å². The minimum atomic E-state index is 0.855. The summed E-state index contributed by atoms with van der Waals surface area (Å²) in [6, 6.07) is 0.900. The predicted molar refractivity (Wildman–Crippen MR) is 64.8 cm³/mol. The normalized spacial score (nSPS) is 23.6. The van der Waals surface area contributed by atoms with E-state index >= 15 is 0 Å². The van der Waals surface area contributed by atoms with Crippen molar-refractivity contribution in [2.45, 2.75) is 57.4 Å². The fraction of sp³-hybridized carbons (Fsp3) is 1.00. The van der Waals surface area contributed by atoms with E-state index in [0.29, 0.717) is 0 Å². The van der Waals surface area contributed by atoms with E-state index in [9.17, 15) is 0 Å². The molecule has 2 saturated carbocycles. The SMILES string of the molecule is NCCCN(CC1CCC1)C1CCCC1. The lowest BCUT2D eigenvalue weighted by Gasteiger charge is -2.36. The summed E-state index contributed by atoms with van der Waals surface area (Å²) in [6.45, 7) is 3.47. The first-order valence-electron chi connectivity index (χ1n) is 6.84. The van der Waals surface area contributed by atoms with Gasteiger partial charge in [0, 0.05) is 12.6 Å². The topological polar surface area (TPSA) is 29.3 Å². The first-order valence-corrected chi connectivity index (χ1v) is 6.84. The van der Waals surface area contributed by atoms with Crippen LogP contribution in [0.25, 0.3) is 0 Å². The van der Waals surface area contributed by atoms with Crippen LogP contribution < -0.4 is 5.73 Å². The van der Waals surface area contributed by atoms with Crippen LogP contribution >= 0.6 is 0 Å². The number of rotatable bonds is 6. The number of hydrogen-bond donors (Lipinski definition) is 1. The van der Waals surface area contributed by atoms with Crippen LogP contribution in [-0.2, 0) is 0 Å². The van der Waals surface area contributed by atoms with Crippen LogP contribution in [0.1, 0.15) is 51.4 Å². The van der Waals surface area contributed by atoms with Crippen molar-refractivity contribution in [2.75, 3.05) is 19.6 Å². The van der Waals surface area contributed by atoms with Gasteiger partial charge in [0.1, 0.15) is 0 Å².